The maximum Gasteiger partial charge on any atom is 0.329 e. The molecule has 1 aromatic heterocycles. The number of hydrogen-bond donors (Lipinski definition) is 2. The lowest BCUT2D eigenvalue weighted by molar-refractivity contribution is -0.142. The van der Waals surface area contributed by atoms with Gasteiger partial charge in [-0.25, -0.2) is 14.2 Å². The molecule has 1 aromatic carbocycles. The highest BCUT2D eigenvalue weighted by Gasteiger charge is 2.11. The number of halogens is 1. The lowest BCUT2D eigenvalue weighted by atomic mass is 10.1. The summed E-state index contributed by atoms with van der Waals surface area (Å²) in [6.45, 7) is -0.0917. The topological polar surface area (TPSA) is 88.5 Å². The third-order valence-electron chi connectivity index (χ3n) is 2.79. The van der Waals surface area contributed by atoms with Gasteiger partial charge in [-0.3, -0.25) is 4.79 Å². The van der Waals surface area contributed by atoms with Crippen molar-refractivity contribution < 1.29 is 23.8 Å². The van der Waals surface area contributed by atoms with Gasteiger partial charge in [0, 0.05) is 18.3 Å². The minimum absolute atomic E-state index is 0.109. The average molecular weight is 338 g/mol. The van der Waals surface area contributed by atoms with Crippen molar-refractivity contribution in [3.63, 3.8) is 0 Å². The molecule has 0 radical (unpaired) electrons. The summed E-state index contributed by atoms with van der Waals surface area (Å²) in [5.41, 5.74) is 1.06. The van der Waals surface area contributed by atoms with Gasteiger partial charge >= 0.3 is 5.97 Å². The molecule has 0 saturated carbocycles. The molecule has 23 heavy (non-hydrogen) atoms. The van der Waals surface area contributed by atoms with Crippen LogP contribution >= 0.6 is 11.3 Å². The van der Waals surface area contributed by atoms with Crippen LogP contribution in [0.25, 0.3) is 0 Å². The molecule has 1 amide bonds. The van der Waals surface area contributed by atoms with Gasteiger partial charge in [0.15, 0.2) is 0 Å². The number of carbonyl (C=O) groups excluding carboxylic acids is 1. The average Bonchev–Trinajstić information content (AvgIpc) is 2.95. The van der Waals surface area contributed by atoms with Gasteiger partial charge in [-0.05, 0) is 17.7 Å². The molecule has 0 aliphatic heterocycles. The number of carbonyl (C=O) groups is 2. The lowest BCUT2D eigenvalue weighted by Crippen LogP contribution is -2.28. The summed E-state index contributed by atoms with van der Waals surface area (Å²) in [5, 5.41) is 13.3. The predicted molar refractivity (Wildman–Crippen MR) is 82.1 cm³/mol. The van der Waals surface area contributed by atoms with E-state index in [1.165, 1.54) is 23.5 Å². The van der Waals surface area contributed by atoms with Crippen LogP contribution in [0.4, 0.5) is 4.39 Å². The molecule has 0 bridgehead atoms. The molecule has 122 valence electrons. The van der Waals surface area contributed by atoms with Gasteiger partial charge in [0.05, 0.1) is 11.6 Å². The van der Waals surface area contributed by atoms with E-state index in [-0.39, 0.29) is 30.6 Å². The fourth-order valence-corrected chi connectivity index (χ4v) is 2.61. The summed E-state index contributed by atoms with van der Waals surface area (Å²) >= 11 is 1.32. The zero-order valence-electron chi connectivity index (χ0n) is 12.1. The number of amides is 1. The van der Waals surface area contributed by atoms with Crippen LogP contribution in [-0.2, 0) is 16.0 Å². The Labute approximate surface area is 135 Å². The van der Waals surface area contributed by atoms with Crippen molar-refractivity contribution >= 4 is 23.2 Å². The molecule has 0 fully saturated rings. The number of carboxylic acids is 1. The number of rotatable bonds is 8. The van der Waals surface area contributed by atoms with Gasteiger partial charge in [-0.1, -0.05) is 12.1 Å². The molecule has 8 heteroatoms. The molecule has 1 heterocycles. The Balaban J connectivity index is 1.81. The largest absolute Gasteiger partial charge is 0.480 e. The fraction of sp³-hybridized carbons (Fsp3) is 0.267. The molecule has 0 aliphatic carbocycles. The number of benzene rings is 1. The number of carboxylic acid groups (broad SMARTS) is 1. The number of thiazole rings is 1. The zero-order chi connectivity index (χ0) is 16.7. The molecular formula is C15H15FN2O4S. The standard InChI is InChI=1S/C15H15FN2O4S/c16-11-3-1-2-10(6-11)7-13-18-12(9-23-13)15(21)17-4-5-22-8-14(19)20/h1-3,6,9H,4-5,7-8H2,(H,17,21)(H,19,20). The van der Waals surface area contributed by atoms with Gasteiger partial charge in [0.1, 0.15) is 18.1 Å². The molecule has 0 saturated heterocycles. The minimum Gasteiger partial charge on any atom is -0.480 e. The van der Waals surface area contributed by atoms with Crippen molar-refractivity contribution in [2.75, 3.05) is 19.8 Å². The molecule has 0 aliphatic rings. The Morgan fingerprint density at radius 2 is 2.22 bits per heavy atom. The second-order valence-electron chi connectivity index (χ2n) is 4.64. The van der Waals surface area contributed by atoms with Crippen LogP contribution in [0.5, 0.6) is 0 Å². The summed E-state index contributed by atoms with van der Waals surface area (Å²) in [6, 6.07) is 6.23. The first kappa shape index (κ1) is 17.0. The van der Waals surface area contributed by atoms with E-state index in [4.69, 9.17) is 9.84 Å². The summed E-state index contributed by atoms with van der Waals surface area (Å²) in [4.78, 5) is 26.3. The Hall–Kier alpha value is -2.32. The highest BCUT2D eigenvalue weighted by molar-refractivity contribution is 7.09. The van der Waals surface area contributed by atoms with E-state index < -0.39 is 12.6 Å². The van der Waals surface area contributed by atoms with Crippen molar-refractivity contribution in [3.8, 4) is 0 Å². The Kier molecular flexibility index (Phi) is 6.19. The number of nitrogens with one attached hydrogen (secondary N) is 1. The van der Waals surface area contributed by atoms with Gasteiger partial charge < -0.3 is 15.2 Å². The minimum atomic E-state index is -1.06. The molecule has 0 unspecified atom stereocenters. The van der Waals surface area contributed by atoms with E-state index in [1.54, 1.807) is 17.5 Å². The molecule has 6 nitrogen and oxygen atoms in total. The van der Waals surface area contributed by atoms with Crippen molar-refractivity contribution in [1.82, 2.24) is 10.3 Å². The van der Waals surface area contributed by atoms with Gasteiger partial charge in [0.2, 0.25) is 0 Å². The first-order valence-corrected chi connectivity index (χ1v) is 7.69. The first-order chi connectivity index (χ1) is 11.0. The van der Waals surface area contributed by atoms with E-state index in [1.807, 2.05) is 0 Å². The summed E-state index contributed by atoms with van der Waals surface area (Å²) in [7, 11) is 0. The maximum absolute atomic E-state index is 13.1. The van der Waals surface area contributed by atoms with Crippen LogP contribution < -0.4 is 5.32 Å². The second kappa shape index (κ2) is 8.35. The third-order valence-corrected chi connectivity index (χ3v) is 3.64. The van der Waals surface area contributed by atoms with E-state index in [0.717, 1.165) is 5.56 Å². The molecular weight excluding hydrogens is 323 g/mol. The molecule has 2 rings (SSSR count). The normalized spacial score (nSPS) is 10.5. The second-order valence-corrected chi connectivity index (χ2v) is 5.58. The van der Waals surface area contributed by atoms with Crippen LogP contribution in [-0.4, -0.2) is 41.7 Å². The molecule has 0 atom stereocenters. The zero-order valence-corrected chi connectivity index (χ0v) is 12.9. The number of hydrogen-bond acceptors (Lipinski definition) is 5. The Morgan fingerprint density at radius 1 is 1.39 bits per heavy atom. The quantitative estimate of drug-likeness (QED) is 0.715. The number of aliphatic carboxylic acids is 1. The van der Waals surface area contributed by atoms with Crippen LogP contribution in [0.1, 0.15) is 21.1 Å². The third kappa shape index (κ3) is 5.76. The highest BCUT2D eigenvalue weighted by atomic mass is 32.1. The van der Waals surface area contributed by atoms with E-state index in [0.29, 0.717) is 11.4 Å². The smallest absolute Gasteiger partial charge is 0.329 e. The van der Waals surface area contributed by atoms with E-state index in [9.17, 15) is 14.0 Å². The SMILES string of the molecule is O=C(O)COCCNC(=O)c1csc(Cc2cccc(F)c2)n1. The fourth-order valence-electron chi connectivity index (χ4n) is 1.80. The molecule has 2 N–H and O–H groups in total. The number of nitrogens with zero attached hydrogens (tertiary/aromatic N) is 1. The van der Waals surface area contributed by atoms with Crippen molar-refractivity contribution in [1.29, 1.82) is 0 Å². The van der Waals surface area contributed by atoms with E-state index in [2.05, 4.69) is 10.3 Å². The molecule has 2 aromatic rings. The predicted octanol–water partition coefficient (Wildman–Crippen LogP) is 1.70. The monoisotopic (exact) mass is 338 g/mol. The van der Waals surface area contributed by atoms with Gasteiger partial charge in [-0.15, -0.1) is 11.3 Å². The van der Waals surface area contributed by atoms with Crippen LogP contribution in [0.2, 0.25) is 0 Å². The highest BCUT2D eigenvalue weighted by Crippen LogP contribution is 2.15. The van der Waals surface area contributed by atoms with Crippen molar-refractivity contribution in [3.05, 3.63) is 51.7 Å². The van der Waals surface area contributed by atoms with Gasteiger partial charge in [-0.2, -0.15) is 0 Å². The number of ether oxygens (including phenoxy) is 1. The van der Waals surface area contributed by atoms with Crippen LogP contribution in [0, 0.1) is 5.82 Å². The van der Waals surface area contributed by atoms with Crippen molar-refractivity contribution in [2.45, 2.75) is 6.42 Å². The van der Waals surface area contributed by atoms with Gasteiger partial charge in [0.25, 0.3) is 5.91 Å². The maximum atomic E-state index is 13.1. The summed E-state index contributed by atoms with van der Waals surface area (Å²) in [5.74, 6) is -1.72. The van der Waals surface area contributed by atoms with Crippen LogP contribution in [0.15, 0.2) is 29.6 Å². The Bertz CT molecular complexity index is 690. The van der Waals surface area contributed by atoms with Crippen molar-refractivity contribution in [2.24, 2.45) is 0 Å². The lowest BCUT2D eigenvalue weighted by Gasteiger charge is -2.03. The summed E-state index contributed by atoms with van der Waals surface area (Å²) < 4.78 is 17.9. The van der Waals surface area contributed by atoms with E-state index >= 15 is 0 Å². The molecule has 0 spiro atoms. The summed E-state index contributed by atoms with van der Waals surface area (Å²) in [6.07, 6.45) is 0.456. The van der Waals surface area contributed by atoms with Crippen LogP contribution in [0.3, 0.4) is 0 Å². The number of aromatic nitrogens is 1. The first-order valence-electron chi connectivity index (χ1n) is 6.81. The Morgan fingerprint density at radius 3 is 2.96 bits per heavy atom.